The minimum atomic E-state index is -0.125. The van der Waals surface area contributed by atoms with E-state index in [0.717, 1.165) is 11.1 Å². The highest BCUT2D eigenvalue weighted by Crippen LogP contribution is 2.35. The third-order valence-electron chi connectivity index (χ3n) is 3.38. The van der Waals surface area contributed by atoms with Crippen molar-refractivity contribution in [2.45, 2.75) is 0 Å². The van der Waals surface area contributed by atoms with E-state index < -0.39 is 0 Å². The minimum Gasteiger partial charge on any atom is -0.505 e. The van der Waals surface area contributed by atoms with Gasteiger partial charge in [-0.2, -0.15) is 0 Å². The fourth-order valence-electron chi connectivity index (χ4n) is 2.17. The molecule has 0 aliphatic heterocycles. The molecule has 2 nitrogen and oxygen atoms in total. The second kappa shape index (κ2) is 6.86. The lowest BCUT2D eigenvalue weighted by atomic mass is 10.0. The molecule has 3 aromatic carbocycles. The molecule has 0 aliphatic rings. The molecule has 114 valence electrons. The summed E-state index contributed by atoms with van der Waals surface area (Å²) >= 11 is 11.8. The number of hydrogen-bond acceptors (Lipinski definition) is 2. The van der Waals surface area contributed by atoms with Crippen molar-refractivity contribution < 1.29 is 5.11 Å². The van der Waals surface area contributed by atoms with Gasteiger partial charge in [0.25, 0.3) is 0 Å². The third-order valence-corrected chi connectivity index (χ3v) is 3.96. The van der Waals surface area contributed by atoms with Crippen molar-refractivity contribution in [3.63, 3.8) is 0 Å². The maximum absolute atomic E-state index is 9.54. The predicted molar refractivity (Wildman–Crippen MR) is 97.3 cm³/mol. The number of rotatable bonds is 3. The van der Waals surface area contributed by atoms with Gasteiger partial charge < -0.3 is 5.11 Å². The number of hydrogen-bond donors (Lipinski definition) is 1. The molecule has 0 radical (unpaired) electrons. The minimum absolute atomic E-state index is 0.125. The standard InChI is InChI=1S/C19H13Cl2NO/c20-17-10-16(11-18(21)19(17)23)22-12-13-6-8-15(9-7-13)14-4-2-1-3-5-14/h1-12,23H. The van der Waals surface area contributed by atoms with Crippen LogP contribution in [-0.2, 0) is 0 Å². The van der Waals surface area contributed by atoms with E-state index in [0.29, 0.717) is 5.69 Å². The second-order valence-corrected chi connectivity index (χ2v) is 5.82. The molecule has 1 N–H and O–H groups in total. The molecule has 3 aromatic rings. The fourth-order valence-corrected chi connectivity index (χ4v) is 2.64. The predicted octanol–water partition coefficient (Wildman–Crippen LogP) is 6.12. The number of phenolic OH excluding ortho intramolecular Hbond substituents is 1. The van der Waals surface area contributed by atoms with Crippen molar-refractivity contribution in [2.75, 3.05) is 0 Å². The van der Waals surface area contributed by atoms with E-state index >= 15 is 0 Å². The normalized spacial score (nSPS) is 11.0. The first-order valence-corrected chi connectivity index (χ1v) is 7.76. The van der Waals surface area contributed by atoms with Crippen molar-refractivity contribution in [3.05, 3.63) is 82.3 Å². The van der Waals surface area contributed by atoms with Crippen LogP contribution in [0.1, 0.15) is 5.56 Å². The molecule has 0 aromatic heterocycles. The van der Waals surface area contributed by atoms with Crippen LogP contribution in [0.15, 0.2) is 71.7 Å². The molecule has 0 saturated carbocycles. The third kappa shape index (κ3) is 3.73. The number of aromatic hydroxyl groups is 1. The van der Waals surface area contributed by atoms with Gasteiger partial charge in [-0.15, -0.1) is 0 Å². The number of halogens is 2. The van der Waals surface area contributed by atoms with Crippen LogP contribution in [0, 0.1) is 0 Å². The molecule has 0 heterocycles. The number of aliphatic imine (C=N–C) groups is 1. The topological polar surface area (TPSA) is 32.6 Å². The zero-order chi connectivity index (χ0) is 16.2. The van der Waals surface area contributed by atoms with Crippen LogP contribution in [0.4, 0.5) is 5.69 Å². The molecule has 0 spiro atoms. The van der Waals surface area contributed by atoms with E-state index in [4.69, 9.17) is 23.2 Å². The lowest BCUT2D eigenvalue weighted by Gasteiger charge is -2.03. The number of benzene rings is 3. The SMILES string of the molecule is Oc1c(Cl)cc(N=Cc2ccc(-c3ccccc3)cc2)cc1Cl. The number of nitrogens with zero attached hydrogens (tertiary/aromatic N) is 1. The summed E-state index contributed by atoms with van der Waals surface area (Å²) in [6.07, 6.45) is 1.73. The van der Waals surface area contributed by atoms with E-state index in [2.05, 4.69) is 17.1 Å². The summed E-state index contributed by atoms with van der Waals surface area (Å²) in [5.74, 6) is -0.125. The van der Waals surface area contributed by atoms with Crippen molar-refractivity contribution in [3.8, 4) is 16.9 Å². The molecule has 0 bridgehead atoms. The largest absolute Gasteiger partial charge is 0.505 e. The molecule has 3 rings (SSSR count). The quantitative estimate of drug-likeness (QED) is 0.572. The van der Waals surface area contributed by atoms with Gasteiger partial charge in [0.15, 0.2) is 5.75 Å². The Bertz CT molecular complexity index is 820. The van der Waals surface area contributed by atoms with Crippen LogP contribution >= 0.6 is 23.2 Å². The maximum Gasteiger partial charge on any atom is 0.152 e. The lowest BCUT2D eigenvalue weighted by Crippen LogP contribution is -1.82. The molecule has 0 atom stereocenters. The summed E-state index contributed by atoms with van der Waals surface area (Å²) in [6, 6.07) is 21.4. The molecule has 0 saturated heterocycles. The molecule has 0 amide bonds. The average molecular weight is 342 g/mol. The van der Waals surface area contributed by atoms with Gasteiger partial charge in [-0.05, 0) is 28.8 Å². The van der Waals surface area contributed by atoms with Crippen molar-refractivity contribution in [1.29, 1.82) is 0 Å². The van der Waals surface area contributed by atoms with Crippen molar-refractivity contribution in [1.82, 2.24) is 0 Å². The highest BCUT2D eigenvalue weighted by atomic mass is 35.5. The first-order valence-electron chi connectivity index (χ1n) is 7.01. The summed E-state index contributed by atoms with van der Waals surface area (Å²) in [6.45, 7) is 0. The van der Waals surface area contributed by atoms with Crippen LogP contribution in [0.3, 0.4) is 0 Å². The van der Waals surface area contributed by atoms with Crippen LogP contribution in [0.2, 0.25) is 10.0 Å². The number of phenols is 1. The summed E-state index contributed by atoms with van der Waals surface area (Å²) < 4.78 is 0. The van der Waals surface area contributed by atoms with Crippen molar-refractivity contribution in [2.24, 2.45) is 4.99 Å². The van der Waals surface area contributed by atoms with Crippen molar-refractivity contribution >= 4 is 35.1 Å². The first-order chi connectivity index (χ1) is 11.1. The maximum atomic E-state index is 9.54. The van der Waals surface area contributed by atoms with Crippen LogP contribution in [-0.4, -0.2) is 11.3 Å². The zero-order valence-corrected chi connectivity index (χ0v) is 13.6. The van der Waals surface area contributed by atoms with E-state index in [9.17, 15) is 5.11 Å². The lowest BCUT2D eigenvalue weighted by molar-refractivity contribution is 0.476. The van der Waals surface area contributed by atoms with Gasteiger partial charge in [-0.1, -0.05) is 77.8 Å². The van der Waals surface area contributed by atoms with Gasteiger partial charge in [0.2, 0.25) is 0 Å². The van der Waals surface area contributed by atoms with E-state index in [1.807, 2.05) is 42.5 Å². The zero-order valence-electron chi connectivity index (χ0n) is 12.1. The Labute approximate surface area is 144 Å². The highest BCUT2D eigenvalue weighted by Gasteiger charge is 2.05. The molecule has 23 heavy (non-hydrogen) atoms. The first kappa shape index (κ1) is 15.6. The molecular weight excluding hydrogens is 329 g/mol. The summed E-state index contributed by atoms with van der Waals surface area (Å²) in [5.41, 5.74) is 3.88. The van der Waals surface area contributed by atoms with Crippen LogP contribution in [0.5, 0.6) is 5.75 Å². The van der Waals surface area contributed by atoms with Gasteiger partial charge >= 0.3 is 0 Å². The average Bonchev–Trinajstić information content (AvgIpc) is 2.59. The molecular formula is C19H13Cl2NO. The van der Waals surface area contributed by atoms with Gasteiger partial charge in [-0.3, -0.25) is 4.99 Å². The molecule has 0 fully saturated rings. The Balaban J connectivity index is 1.81. The Morgan fingerprint density at radius 3 is 1.96 bits per heavy atom. The summed E-state index contributed by atoms with van der Waals surface area (Å²) in [7, 11) is 0. The second-order valence-electron chi connectivity index (χ2n) is 5.00. The summed E-state index contributed by atoms with van der Waals surface area (Å²) in [5, 5.41) is 9.91. The molecule has 0 aliphatic carbocycles. The Kier molecular flexibility index (Phi) is 4.65. The van der Waals surface area contributed by atoms with Gasteiger partial charge in [0, 0.05) is 6.21 Å². The molecule has 4 heteroatoms. The van der Waals surface area contributed by atoms with Crippen LogP contribution in [0.25, 0.3) is 11.1 Å². The Morgan fingerprint density at radius 1 is 0.783 bits per heavy atom. The van der Waals surface area contributed by atoms with E-state index in [1.54, 1.807) is 18.3 Å². The van der Waals surface area contributed by atoms with Gasteiger partial charge in [0.1, 0.15) is 0 Å². The Morgan fingerprint density at radius 2 is 1.35 bits per heavy atom. The van der Waals surface area contributed by atoms with Gasteiger partial charge in [0.05, 0.1) is 15.7 Å². The highest BCUT2D eigenvalue weighted by molar-refractivity contribution is 6.37. The van der Waals surface area contributed by atoms with Crippen LogP contribution < -0.4 is 0 Å². The van der Waals surface area contributed by atoms with Gasteiger partial charge in [-0.25, -0.2) is 0 Å². The van der Waals surface area contributed by atoms with E-state index in [1.165, 1.54) is 5.56 Å². The smallest absolute Gasteiger partial charge is 0.152 e. The molecule has 0 unspecified atom stereocenters. The summed E-state index contributed by atoms with van der Waals surface area (Å²) in [4.78, 5) is 4.34. The Hall–Kier alpha value is -2.29. The van der Waals surface area contributed by atoms with E-state index in [-0.39, 0.29) is 15.8 Å². The fraction of sp³-hybridized carbons (Fsp3) is 0. The monoisotopic (exact) mass is 341 g/mol.